The van der Waals surface area contributed by atoms with Crippen molar-refractivity contribution in [2.45, 2.75) is 51.5 Å². The highest BCUT2D eigenvalue weighted by atomic mass is 79.9. The lowest BCUT2D eigenvalue weighted by Gasteiger charge is -2.29. The van der Waals surface area contributed by atoms with Crippen molar-refractivity contribution < 1.29 is 4.79 Å². The van der Waals surface area contributed by atoms with Gasteiger partial charge >= 0.3 is 0 Å². The first-order valence-electron chi connectivity index (χ1n) is 12.0. The van der Waals surface area contributed by atoms with E-state index < -0.39 is 0 Å². The van der Waals surface area contributed by atoms with Crippen LogP contribution in [0.2, 0.25) is 0 Å². The molecule has 0 radical (unpaired) electrons. The number of halogens is 1. The zero-order valence-corrected chi connectivity index (χ0v) is 20.7. The summed E-state index contributed by atoms with van der Waals surface area (Å²) >= 11 is 3.55. The summed E-state index contributed by atoms with van der Waals surface area (Å²) in [5.41, 5.74) is 4.26. The van der Waals surface area contributed by atoms with E-state index in [-0.39, 0.29) is 11.8 Å². The van der Waals surface area contributed by atoms with Crippen molar-refractivity contribution >= 4 is 45.1 Å². The SMILES string of the molecule is O=C(Nc1cccc(Nc2ncnc(N3CCc4cc(Br)ccc4C3)n2)c1)C1CCCCCC1. The predicted molar refractivity (Wildman–Crippen MR) is 138 cm³/mol. The lowest BCUT2D eigenvalue weighted by atomic mass is 9.99. The van der Waals surface area contributed by atoms with Gasteiger partial charge in [0.1, 0.15) is 6.33 Å². The van der Waals surface area contributed by atoms with Crippen molar-refractivity contribution in [3.63, 3.8) is 0 Å². The van der Waals surface area contributed by atoms with Gasteiger partial charge in [-0.25, -0.2) is 9.97 Å². The molecule has 0 unspecified atom stereocenters. The lowest BCUT2D eigenvalue weighted by molar-refractivity contribution is -0.120. The number of hydrogen-bond donors (Lipinski definition) is 2. The highest BCUT2D eigenvalue weighted by Crippen LogP contribution is 2.27. The van der Waals surface area contributed by atoms with Crippen molar-refractivity contribution in [1.29, 1.82) is 0 Å². The molecule has 1 amide bonds. The number of carbonyl (C=O) groups is 1. The number of anilines is 4. The quantitative estimate of drug-likeness (QED) is 0.410. The van der Waals surface area contributed by atoms with Crippen molar-refractivity contribution in [3.8, 4) is 0 Å². The van der Waals surface area contributed by atoms with Crippen LogP contribution in [0.3, 0.4) is 0 Å². The monoisotopic (exact) mass is 520 g/mol. The molecule has 0 saturated heterocycles. The Bertz CT molecular complexity index is 1160. The van der Waals surface area contributed by atoms with Crippen molar-refractivity contribution in [3.05, 3.63) is 64.4 Å². The molecule has 34 heavy (non-hydrogen) atoms. The molecule has 1 saturated carbocycles. The third-order valence-electron chi connectivity index (χ3n) is 6.63. The van der Waals surface area contributed by atoms with Gasteiger partial charge in [-0.3, -0.25) is 4.79 Å². The highest BCUT2D eigenvalue weighted by Gasteiger charge is 2.21. The summed E-state index contributed by atoms with van der Waals surface area (Å²) in [5, 5.41) is 6.37. The largest absolute Gasteiger partial charge is 0.336 e. The van der Waals surface area contributed by atoms with Gasteiger partial charge in [0.05, 0.1) is 0 Å². The number of rotatable bonds is 5. The fourth-order valence-electron chi connectivity index (χ4n) is 4.78. The number of aromatic nitrogens is 3. The fraction of sp³-hybridized carbons (Fsp3) is 0.385. The molecule has 0 atom stereocenters. The normalized spacial score (nSPS) is 16.4. The number of hydrogen-bond acceptors (Lipinski definition) is 6. The van der Waals surface area contributed by atoms with E-state index in [1.807, 2.05) is 24.3 Å². The smallest absolute Gasteiger partial charge is 0.232 e. The third kappa shape index (κ3) is 5.55. The molecule has 2 heterocycles. The average Bonchev–Trinajstić information content (AvgIpc) is 3.14. The lowest BCUT2D eigenvalue weighted by Crippen LogP contribution is -2.32. The van der Waals surface area contributed by atoms with Crippen LogP contribution >= 0.6 is 15.9 Å². The van der Waals surface area contributed by atoms with Crippen LogP contribution in [0, 0.1) is 5.92 Å². The number of nitrogens with one attached hydrogen (secondary N) is 2. The van der Waals surface area contributed by atoms with Crippen LogP contribution < -0.4 is 15.5 Å². The van der Waals surface area contributed by atoms with Gasteiger partial charge in [0.15, 0.2) is 0 Å². The summed E-state index contributed by atoms with van der Waals surface area (Å²) in [4.78, 5) is 28.3. The number of fused-ring (bicyclic) bond motifs is 1. The maximum atomic E-state index is 12.7. The fourth-order valence-corrected chi connectivity index (χ4v) is 5.19. The number of amides is 1. The Hall–Kier alpha value is -3.00. The Labute approximate surface area is 208 Å². The molecule has 1 fully saturated rings. The second-order valence-corrected chi connectivity index (χ2v) is 9.99. The van der Waals surface area contributed by atoms with Gasteiger partial charge in [0, 0.05) is 34.9 Å². The van der Waals surface area contributed by atoms with Gasteiger partial charge in [-0.1, -0.05) is 53.7 Å². The Morgan fingerprint density at radius 1 is 0.971 bits per heavy atom. The minimum Gasteiger partial charge on any atom is -0.336 e. The molecule has 1 aliphatic heterocycles. The molecular weight excluding hydrogens is 492 g/mol. The maximum absolute atomic E-state index is 12.7. The zero-order valence-electron chi connectivity index (χ0n) is 19.1. The van der Waals surface area contributed by atoms with Crippen LogP contribution in [0.4, 0.5) is 23.3 Å². The second kappa shape index (κ2) is 10.5. The zero-order chi connectivity index (χ0) is 23.3. The van der Waals surface area contributed by atoms with Gasteiger partial charge in [0.2, 0.25) is 17.8 Å². The molecule has 2 aliphatic rings. The van der Waals surface area contributed by atoms with Gasteiger partial charge in [-0.15, -0.1) is 0 Å². The summed E-state index contributed by atoms with van der Waals surface area (Å²) in [7, 11) is 0. The molecule has 5 rings (SSSR count). The van der Waals surface area contributed by atoms with Gasteiger partial charge in [0.25, 0.3) is 0 Å². The molecular formula is C26H29BrN6O. The Kier molecular flexibility index (Phi) is 7.04. The Balaban J connectivity index is 1.25. The van der Waals surface area contributed by atoms with Gasteiger partial charge in [-0.2, -0.15) is 4.98 Å². The molecule has 176 valence electrons. The summed E-state index contributed by atoms with van der Waals surface area (Å²) in [6, 6.07) is 14.1. The van der Waals surface area contributed by atoms with Crippen LogP contribution in [-0.4, -0.2) is 27.4 Å². The first-order chi connectivity index (χ1) is 16.6. The first kappa shape index (κ1) is 22.8. The maximum Gasteiger partial charge on any atom is 0.232 e. The second-order valence-electron chi connectivity index (χ2n) is 9.08. The molecule has 2 N–H and O–H groups in total. The van der Waals surface area contributed by atoms with Crippen molar-refractivity contribution in [1.82, 2.24) is 15.0 Å². The van der Waals surface area contributed by atoms with Crippen molar-refractivity contribution in [2.75, 3.05) is 22.1 Å². The minimum atomic E-state index is 0.112. The van der Waals surface area contributed by atoms with E-state index in [1.165, 1.54) is 24.0 Å². The van der Waals surface area contributed by atoms with E-state index in [1.54, 1.807) is 6.33 Å². The van der Waals surface area contributed by atoms with Gasteiger partial charge in [-0.05, 0) is 60.7 Å². The Morgan fingerprint density at radius 3 is 2.65 bits per heavy atom. The summed E-state index contributed by atoms with van der Waals surface area (Å²) in [6.07, 6.45) is 9.21. The summed E-state index contributed by atoms with van der Waals surface area (Å²) in [5.74, 6) is 1.38. The van der Waals surface area contributed by atoms with Crippen LogP contribution in [0.25, 0.3) is 0 Å². The number of benzene rings is 2. The topological polar surface area (TPSA) is 83.0 Å². The minimum absolute atomic E-state index is 0.112. The van der Waals surface area contributed by atoms with E-state index >= 15 is 0 Å². The molecule has 1 aliphatic carbocycles. The van der Waals surface area contributed by atoms with E-state index in [0.29, 0.717) is 11.9 Å². The highest BCUT2D eigenvalue weighted by molar-refractivity contribution is 9.10. The van der Waals surface area contributed by atoms with E-state index in [9.17, 15) is 4.79 Å². The van der Waals surface area contributed by atoms with E-state index in [0.717, 1.165) is 61.0 Å². The number of nitrogens with zero attached hydrogens (tertiary/aromatic N) is 4. The van der Waals surface area contributed by atoms with Crippen molar-refractivity contribution in [2.24, 2.45) is 5.92 Å². The third-order valence-corrected chi connectivity index (χ3v) is 7.13. The van der Waals surface area contributed by atoms with Crippen LogP contribution in [0.1, 0.15) is 49.7 Å². The molecule has 0 bridgehead atoms. The van der Waals surface area contributed by atoms with Crippen LogP contribution in [-0.2, 0) is 17.8 Å². The summed E-state index contributed by atoms with van der Waals surface area (Å²) < 4.78 is 1.11. The molecule has 1 aromatic heterocycles. The first-order valence-corrected chi connectivity index (χ1v) is 12.8. The molecule has 3 aromatic rings. The van der Waals surface area contributed by atoms with E-state index in [4.69, 9.17) is 0 Å². The number of carbonyl (C=O) groups excluding carboxylic acids is 1. The molecule has 2 aromatic carbocycles. The molecule has 7 nitrogen and oxygen atoms in total. The Morgan fingerprint density at radius 2 is 1.79 bits per heavy atom. The van der Waals surface area contributed by atoms with Crippen LogP contribution in [0.15, 0.2) is 53.3 Å². The van der Waals surface area contributed by atoms with Crippen LogP contribution in [0.5, 0.6) is 0 Å². The predicted octanol–water partition coefficient (Wildman–Crippen LogP) is 5.85. The summed E-state index contributed by atoms with van der Waals surface area (Å²) in [6.45, 7) is 1.63. The molecule has 8 heteroatoms. The standard InChI is InChI=1S/C26H29BrN6O/c27-21-11-10-20-16-33(13-12-19(20)14-21)26-29-17-28-25(32-26)31-23-9-5-8-22(15-23)30-24(34)18-6-3-1-2-4-7-18/h5,8-11,14-15,17-18H,1-4,6-7,12-13,16H2,(H,30,34)(H,28,29,31,32). The molecule has 0 spiro atoms. The van der Waals surface area contributed by atoms with E-state index in [2.05, 4.69) is 64.6 Å². The average molecular weight is 521 g/mol. The van der Waals surface area contributed by atoms with Gasteiger partial charge < -0.3 is 15.5 Å².